The highest BCUT2D eigenvalue weighted by Crippen LogP contribution is 2.29. The third-order valence-electron chi connectivity index (χ3n) is 4.40. The zero-order chi connectivity index (χ0) is 22.6. The van der Waals surface area contributed by atoms with Gasteiger partial charge in [-0.05, 0) is 31.7 Å². The Kier molecular flexibility index (Phi) is 6.69. The molecule has 1 N–H and O–H groups in total. The van der Waals surface area contributed by atoms with Crippen LogP contribution in [0.3, 0.4) is 0 Å². The maximum atomic E-state index is 14.4. The van der Waals surface area contributed by atoms with Crippen LogP contribution in [0, 0.1) is 5.82 Å². The van der Waals surface area contributed by atoms with Gasteiger partial charge in [0.2, 0.25) is 5.82 Å². The molecular formula is C21H20F4N4O2. The lowest BCUT2D eigenvalue weighted by Gasteiger charge is -2.22. The number of amides is 1. The van der Waals surface area contributed by atoms with Gasteiger partial charge >= 0.3 is 12.1 Å². The summed E-state index contributed by atoms with van der Waals surface area (Å²) in [5, 5.41) is 5.92. The summed E-state index contributed by atoms with van der Waals surface area (Å²) in [5.41, 5.74) is 0.852. The summed E-state index contributed by atoms with van der Waals surface area (Å²) in [6.45, 7) is 3.02. The van der Waals surface area contributed by atoms with Gasteiger partial charge in [-0.25, -0.2) is 4.39 Å². The Labute approximate surface area is 175 Å². The smallest absolute Gasteiger partial charge is 0.348 e. The molecule has 0 aliphatic heterocycles. The minimum absolute atomic E-state index is 0.0380. The number of carbonyl (C=O) groups is 1. The van der Waals surface area contributed by atoms with E-state index in [2.05, 4.69) is 20.0 Å². The molecule has 1 heterocycles. The summed E-state index contributed by atoms with van der Waals surface area (Å²) < 4.78 is 56.3. The summed E-state index contributed by atoms with van der Waals surface area (Å²) >= 11 is 0. The van der Waals surface area contributed by atoms with E-state index < -0.39 is 29.6 Å². The average Bonchev–Trinajstić information content (AvgIpc) is 3.19. The number of rotatable bonds is 7. The lowest BCUT2D eigenvalue weighted by atomic mass is 10.1. The molecule has 1 atom stereocenters. The van der Waals surface area contributed by atoms with Crippen molar-refractivity contribution in [1.82, 2.24) is 20.4 Å². The van der Waals surface area contributed by atoms with Gasteiger partial charge in [0.1, 0.15) is 5.82 Å². The van der Waals surface area contributed by atoms with Gasteiger partial charge in [-0.3, -0.25) is 4.79 Å². The number of halogens is 4. The average molecular weight is 436 g/mol. The van der Waals surface area contributed by atoms with Crippen molar-refractivity contribution < 1.29 is 26.9 Å². The van der Waals surface area contributed by atoms with Gasteiger partial charge in [0.15, 0.2) is 0 Å². The van der Waals surface area contributed by atoms with Gasteiger partial charge < -0.3 is 14.7 Å². The summed E-state index contributed by atoms with van der Waals surface area (Å²) in [6, 6.07) is 12.9. The van der Waals surface area contributed by atoms with Crippen molar-refractivity contribution in [3.63, 3.8) is 0 Å². The number of nitrogens with zero attached hydrogens (tertiary/aromatic N) is 3. The molecule has 0 saturated carbocycles. The van der Waals surface area contributed by atoms with Crippen LogP contribution in [0.5, 0.6) is 0 Å². The van der Waals surface area contributed by atoms with Crippen molar-refractivity contribution in [1.29, 1.82) is 0 Å². The molecule has 0 bridgehead atoms. The molecule has 1 amide bonds. The van der Waals surface area contributed by atoms with Gasteiger partial charge in [-0.1, -0.05) is 41.6 Å². The molecule has 0 spiro atoms. The minimum atomic E-state index is -4.80. The monoisotopic (exact) mass is 436 g/mol. The second-order valence-corrected chi connectivity index (χ2v) is 7.17. The van der Waals surface area contributed by atoms with Crippen molar-refractivity contribution in [2.75, 3.05) is 13.6 Å². The predicted molar refractivity (Wildman–Crippen MR) is 104 cm³/mol. The van der Waals surface area contributed by atoms with Gasteiger partial charge in [-0.15, -0.1) is 0 Å². The van der Waals surface area contributed by atoms with Crippen molar-refractivity contribution in [2.45, 2.75) is 25.7 Å². The lowest BCUT2D eigenvalue weighted by molar-refractivity contribution is -0.159. The molecule has 0 aliphatic rings. The summed E-state index contributed by atoms with van der Waals surface area (Å²) in [7, 11) is 1.91. The van der Waals surface area contributed by atoms with E-state index >= 15 is 0 Å². The number of alkyl halides is 3. The Bertz CT molecular complexity index is 1040. The minimum Gasteiger partial charge on any atom is -0.348 e. The third kappa shape index (κ3) is 5.88. The van der Waals surface area contributed by atoms with Crippen molar-refractivity contribution in [3.05, 3.63) is 71.4 Å². The number of hydrogen-bond acceptors (Lipinski definition) is 5. The first-order chi connectivity index (χ1) is 14.6. The molecule has 2 aromatic carbocycles. The number of aromatic nitrogens is 2. The fourth-order valence-corrected chi connectivity index (χ4v) is 3.07. The maximum absolute atomic E-state index is 14.4. The number of nitrogens with one attached hydrogen (secondary N) is 1. The quantitative estimate of drug-likeness (QED) is 0.564. The topological polar surface area (TPSA) is 71.3 Å². The molecule has 10 heteroatoms. The summed E-state index contributed by atoms with van der Waals surface area (Å²) in [6.07, 6.45) is -4.80. The van der Waals surface area contributed by atoms with Crippen molar-refractivity contribution in [2.24, 2.45) is 0 Å². The van der Waals surface area contributed by atoms with E-state index in [0.29, 0.717) is 13.1 Å². The maximum Gasteiger partial charge on any atom is 0.471 e. The Hall–Kier alpha value is -3.27. The first kappa shape index (κ1) is 22.4. The fourth-order valence-electron chi connectivity index (χ4n) is 3.07. The molecule has 0 radical (unpaired) electrons. The van der Waals surface area contributed by atoms with Crippen LogP contribution in [0.2, 0.25) is 0 Å². The van der Waals surface area contributed by atoms with Gasteiger partial charge in [0, 0.05) is 24.7 Å². The number of hydrogen-bond donors (Lipinski definition) is 1. The second-order valence-electron chi connectivity index (χ2n) is 7.17. The SMILES string of the molecule is C[C@H](CN(C)Cc1ccccc1)NC(=O)c1ccc(-c2noc(C(F)(F)F)n2)cc1F. The lowest BCUT2D eigenvalue weighted by Crippen LogP contribution is -2.40. The van der Waals surface area contributed by atoms with Crippen LogP contribution in [0.15, 0.2) is 53.1 Å². The largest absolute Gasteiger partial charge is 0.471 e. The predicted octanol–water partition coefficient (Wildman–Crippen LogP) is 4.14. The first-order valence-electron chi connectivity index (χ1n) is 9.37. The van der Waals surface area contributed by atoms with Crippen LogP contribution in [-0.4, -0.2) is 40.6 Å². The van der Waals surface area contributed by atoms with Crippen molar-refractivity contribution in [3.8, 4) is 11.4 Å². The van der Waals surface area contributed by atoms with E-state index in [1.165, 1.54) is 12.1 Å². The fraction of sp³-hybridized carbons (Fsp3) is 0.286. The molecule has 0 fully saturated rings. The van der Waals surface area contributed by atoms with E-state index in [-0.39, 0.29) is 17.2 Å². The highest BCUT2D eigenvalue weighted by molar-refractivity contribution is 5.95. The molecule has 31 heavy (non-hydrogen) atoms. The van der Waals surface area contributed by atoms with E-state index in [9.17, 15) is 22.4 Å². The van der Waals surface area contributed by atoms with Crippen LogP contribution in [0.1, 0.15) is 28.7 Å². The number of carbonyl (C=O) groups excluding carboxylic acids is 1. The van der Waals surface area contributed by atoms with Gasteiger partial charge in [0.25, 0.3) is 5.91 Å². The molecule has 0 saturated heterocycles. The molecule has 164 valence electrons. The van der Waals surface area contributed by atoms with Crippen LogP contribution < -0.4 is 5.32 Å². The molecule has 3 aromatic rings. The first-order valence-corrected chi connectivity index (χ1v) is 9.37. The molecule has 6 nitrogen and oxygen atoms in total. The van der Waals surface area contributed by atoms with E-state index in [0.717, 1.165) is 11.6 Å². The third-order valence-corrected chi connectivity index (χ3v) is 4.40. The normalized spacial score (nSPS) is 12.7. The van der Waals surface area contributed by atoms with E-state index in [1.807, 2.05) is 42.3 Å². The van der Waals surface area contributed by atoms with Crippen LogP contribution in [0.25, 0.3) is 11.4 Å². The van der Waals surface area contributed by atoms with Gasteiger partial charge in [-0.2, -0.15) is 18.2 Å². The Morgan fingerprint density at radius 3 is 2.52 bits per heavy atom. The standard InChI is InChI=1S/C21H20F4N4O2/c1-13(11-29(2)12-14-6-4-3-5-7-14)26-19(30)16-9-8-15(10-17(16)22)18-27-20(31-28-18)21(23,24)25/h3-10,13H,11-12H2,1-2H3,(H,26,30)/t13-/m1/s1. The Morgan fingerprint density at radius 2 is 1.90 bits per heavy atom. The van der Waals surface area contributed by atoms with Crippen molar-refractivity contribution >= 4 is 5.91 Å². The Balaban J connectivity index is 1.62. The summed E-state index contributed by atoms with van der Waals surface area (Å²) in [5.74, 6) is -3.49. The number of likely N-dealkylation sites (N-methyl/N-ethyl adjacent to an activating group) is 1. The zero-order valence-corrected chi connectivity index (χ0v) is 16.8. The van der Waals surface area contributed by atoms with Crippen LogP contribution in [0.4, 0.5) is 17.6 Å². The highest BCUT2D eigenvalue weighted by atomic mass is 19.4. The molecule has 0 aliphatic carbocycles. The molecule has 0 unspecified atom stereocenters. The van der Waals surface area contributed by atoms with Crippen LogP contribution in [-0.2, 0) is 12.7 Å². The van der Waals surface area contributed by atoms with E-state index in [1.54, 1.807) is 6.92 Å². The number of benzene rings is 2. The van der Waals surface area contributed by atoms with Gasteiger partial charge in [0.05, 0.1) is 5.56 Å². The molecule has 3 rings (SSSR count). The highest BCUT2D eigenvalue weighted by Gasteiger charge is 2.38. The molecular weight excluding hydrogens is 416 g/mol. The second kappa shape index (κ2) is 9.25. The molecule has 1 aromatic heterocycles. The zero-order valence-electron chi connectivity index (χ0n) is 16.8. The Morgan fingerprint density at radius 1 is 1.19 bits per heavy atom. The van der Waals surface area contributed by atoms with E-state index in [4.69, 9.17) is 0 Å². The van der Waals surface area contributed by atoms with Crippen LogP contribution >= 0.6 is 0 Å². The summed E-state index contributed by atoms with van der Waals surface area (Å²) in [4.78, 5) is 17.7.